The van der Waals surface area contributed by atoms with Crippen molar-refractivity contribution in [3.05, 3.63) is 16.7 Å². The van der Waals surface area contributed by atoms with Crippen LogP contribution in [0.1, 0.15) is 37.7 Å². The van der Waals surface area contributed by atoms with Gasteiger partial charge in [-0.1, -0.05) is 30.9 Å². The smallest absolute Gasteiger partial charge is 0.314 e. The minimum atomic E-state index is -1.11. The lowest BCUT2D eigenvalue weighted by Gasteiger charge is -2.36. The van der Waals surface area contributed by atoms with E-state index < -0.39 is 11.4 Å². The molecule has 1 aromatic rings. The topological polar surface area (TPSA) is 76.0 Å². The number of fused-ring (bicyclic) bond motifs is 1. The predicted octanol–water partition coefficient (Wildman–Crippen LogP) is 3.10. The van der Waals surface area contributed by atoms with Crippen molar-refractivity contribution in [3.8, 4) is 17.2 Å². The Morgan fingerprint density at radius 1 is 1.19 bits per heavy atom. The largest absolute Gasteiger partial charge is 0.506 e. The molecule has 0 radical (unpaired) electrons. The van der Waals surface area contributed by atoms with E-state index in [0.717, 1.165) is 19.3 Å². The monoisotopic (exact) mass is 312 g/mol. The molecule has 1 heterocycles. The van der Waals surface area contributed by atoms with E-state index in [4.69, 9.17) is 21.1 Å². The van der Waals surface area contributed by atoms with Crippen molar-refractivity contribution in [2.24, 2.45) is 0 Å². The fourth-order valence-corrected chi connectivity index (χ4v) is 3.62. The number of rotatable bonds is 2. The molecule has 0 atom stereocenters. The Labute approximate surface area is 127 Å². The van der Waals surface area contributed by atoms with Gasteiger partial charge in [0.05, 0.1) is 10.4 Å². The molecule has 2 N–H and O–H groups in total. The van der Waals surface area contributed by atoms with Crippen molar-refractivity contribution < 1.29 is 24.5 Å². The zero-order chi connectivity index (χ0) is 15.0. The molecule has 2 aliphatic rings. The third kappa shape index (κ3) is 2.20. The first-order valence-electron chi connectivity index (χ1n) is 7.11. The van der Waals surface area contributed by atoms with Crippen molar-refractivity contribution in [1.82, 2.24) is 0 Å². The Hall–Kier alpha value is -1.62. The Morgan fingerprint density at radius 2 is 1.86 bits per heavy atom. The maximum atomic E-state index is 12.0. The lowest BCUT2D eigenvalue weighted by molar-refractivity contribution is -0.145. The summed E-state index contributed by atoms with van der Waals surface area (Å²) in [5, 5.41) is 19.9. The van der Waals surface area contributed by atoms with Gasteiger partial charge in [-0.05, 0) is 12.8 Å². The highest BCUT2D eigenvalue weighted by atomic mass is 35.5. The van der Waals surface area contributed by atoms with Crippen molar-refractivity contribution in [1.29, 1.82) is 0 Å². The van der Waals surface area contributed by atoms with E-state index in [2.05, 4.69) is 0 Å². The molecule has 0 saturated heterocycles. The summed E-state index contributed by atoms with van der Waals surface area (Å²) in [7, 11) is 0. The molecular weight excluding hydrogens is 296 g/mol. The number of benzene rings is 1. The summed E-state index contributed by atoms with van der Waals surface area (Å²) >= 11 is 6.25. The Bertz CT molecular complexity index is 578. The van der Waals surface area contributed by atoms with Gasteiger partial charge in [-0.2, -0.15) is 0 Å². The highest BCUT2D eigenvalue weighted by Crippen LogP contribution is 2.53. The molecule has 5 nitrogen and oxygen atoms in total. The van der Waals surface area contributed by atoms with Crippen LogP contribution in [0.3, 0.4) is 0 Å². The fraction of sp³-hybridized carbons (Fsp3) is 0.533. The number of halogens is 1. The summed E-state index contributed by atoms with van der Waals surface area (Å²) in [5.41, 5.74) is -0.746. The molecule has 1 fully saturated rings. The van der Waals surface area contributed by atoms with Crippen LogP contribution in [0.15, 0.2) is 6.07 Å². The first kappa shape index (κ1) is 14.3. The molecular formula is C15H17ClO5. The minimum absolute atomic E-state index is 0.0588. The van der Waals surface area contributed by atoms with Gasteiger partial charge in [0.15, 0.2) is 11.5 Å². The van der Waals surface area contributed by atoms with Crippen LogP contribution in [0, 0.1) is 0 Å². The summed E-state index contributed by atoms with van der Waals surface area (Å²) in [6.45, 7) is 0.713. The van der Waals surface area contributed by atoms with Gasteiger partial charge in [0.2, 0.25) is 0 Å². The third-order valence-corrected chi connectivity index (χ3v) is 4.73. The molecule has 3 rings (SSSR count). The maximum absolute atomic E-state index is 12.0. The summed E-state index contributed by atoms with van der Waals surface area (Å²) in [5.74, 6) is -0.356. The van der Waals surface area contributed by atoms with E-state index in [1.165, 1.54) is 6.07 Å². The number of aliphatic carboxylic acids is 1. The number of ether oxygens (including phenoxy) is 2. The molecule has 21 heavy (non-hydrogen) atoms. The first-order chi connectivity index (χ1) is 10.1. The number of phenolic OH excluding ortho intramolecular Hbond substituents is 1. The van der Waals surface area contributed by atoms with Gasteiger partial charge in [-0.25, -0.2) is 0 Å². The number of carbonyl (C=O) groups is 1. The number of carboxylic acid groups (broad SMARTS) is 1. The van der Waals surface area contributed by atoms with Gasteiger partial charge in [-0.3, -0.25) is 4.79 Å². The number of hydrogen-bond acceptors (Lipinski definition) is 4. The maximum Gasteiger partial charge on any atom is 0.314 e. The molecule has 1 aliphatic heterocycles. The summed E-state index contributed by atoms with van der Waals surface area (Å²) < 4.78 is 11.1. The molecule has 0 bridgehead atoms. The molecule has 0 amide bonds. The quantitative estimate of drug-likeness (QED) is 0.877. The van der Waals surface area contributed by atoms with Crippen LogP contribution < -0.4 is 9.47 Å². The molecule has 6 heteroatoms. The second kappa shape index (κ2) is 5.30. The standard InChI is InChI=1S/C15H17ClO5/c16-12-9(17)8-10-13(21-7-6-20-10)11(12)15(14(18)19)4-2-1-3-5-15/h8,17H,1-7H2,(H,18,19). The van der Waals surface area contributed by atoms with Crippen LogP contribution in [0.25, 0.3) is 0 Å². The van der Waals surface area contributed by atoms with Crippen LogP contribution in [-0.4, -0.2) is 29.4 Å². The molecule has 1 aromatic carbocycles. The van der Waals surface area contributed by atoms with Crippen molar-refractivity contribution >= 4 is 17.6 Å². The minimum Gasteiger partial charge on any atom is -0.506 e. The average Bonchev–Trinajstić information content (AvgIpc) is 2.49. The van der Waals surface area contributed by atoms with Crippen molar-refractivity contribution in [2.75, 3.05) is 13.2 Å². The van der Waals surface area contributed by atoms with Gasteiger partial charge < -0.3 is 19.7 Å². The SMILES string of the molecule is O=C(O)C1(c2c(Cl)c(O)cc3c2OCCO3)CCCCC1. The fourth-order valence-electron chi connectivity index (χ4n) is 3.30. The molecule has 0 unspecified atom stereocenters. The van der Waals surface area contributed by atoms with Gasteiger partial charge >= 0.3 is 5.97 Å². The summed E-state index contributed by atoms with van der Waals surface area (Å²) in [4.78, 5) is 12.0. The van der Waals surface area contributed by atoms with Crippen LogP contribution >= 0.6 is 11.6 Å². The highest BCUT2D eigenvalue weighted by Gasteiger charge is 2.46. The van der Waals surface area contributed by atoms with Crippen LogP contribution in [0.4, 0.5) is 0 Å². The van der Waals surface area contributed by atoms with E-state index in [0.29, 0.717) is 43.1 Å². The van der Waals surface area contributed by atoms with E-state index in [-0.39, 0.29) is 10.8 Å². The van der Waals surface area contributed by atoms with Crippen molar-refractivity contribution in [3.63, 3.8) is 0 Å². The average molecular weight is 313 g/mol. The lowest BCUT2D eigenvalue weighted by atomic mass is 9.69. The van der Waals surface area contributed by atoms with Crippen LogP contribution in [0.5, 0.6) is 17.2 Å². The zero-order valence-electron chi connectivity index (χ0n) is 11.5. The number of aromatic hydroxyl groups is 1. The van der Waals surface area contributed by atoms with E-state index in [9.17, 15) is 15.0 Å². The van der Waals surface area contributed by atoms with Crippen LogP contribution in [0.2, 0.25) is 5.02 Å². The molecule has 0 spiro atoms. The van der Waals surface area contributed by atoms with Crippen molar-refractivity contribution in [2.45, 2.75) is 37.5 Å². The van der Waals surface area contributed by atoms with Gasteiger partial charge in [0, 0.05) is 11.6 Å². The van der Waals surface area contributed by atoms with Gasteiger partial charge in [0.25, 0.3) is 0 Å². The molecule has 114 valence electrons. The number of hydrogen-bond donors (Lipinski definition) is 2. The van der Waals surface area contributed by atoms with Gasteiger partial charge in [-0.15, -0.1) is 0 Å². The molecule has 1 aliphatic carbocycles. The first-order valence-corrected chi connectivity index (χ1v) is 7.49. The molecule has 1 saturated carbocycles. The second-order valence-corrected chi connectivity index (χ2v) is 5.93. The highest BCUT2D eigenvalue weighted by molar-refractivity contribution is 6.33. The summed E-state index contributed by atoms with van der Waals surface area (Å²) in [6, 6.07) is 1.39. The van der Waals surface area contributed by atoms with E-state index >= 15 is 0 Å². The van der Waals surface area contributed by atoms with Gasteiger partial charge in [0.1, 0.15) is 19.0 Å². The predicted molar refractivity (Wildman–Crippen MR) is 76.5 cm³/mol. The Morgan fingerprint density at radius 3 is 2.52 bits per heavy atom. The third-order valence-electron chi connectivity index (χ3n) is 4.35. The lowest BCUT2D eigenvalue weighted by Crippen LogP contribution is -2.39. The number of phenols is 1. The second-order valence-electron chi connectivity index (χ2n) is 5.56. The van der Waals surface area contributed by atoms with E-state index in [1.807, 2.05) is 0 Å². The number of carboxylic acids is 1. The van der Waals surface area contributed by atoms with Crippen LogP contribution in [-0.2, 0) is 10.2 Å². The normalized spacial score (nSPS) is 20.0. The molecule has 0 aromatic heterocycles. The Balaban J connectivity index is 2.24. The van der Waals surface area contributed by atoms with E-state index in [1.54, 1.807) is 0 Å². The Kier molecular flexibility index (Phi) is 3.61. The summed E-state index contributed by atoms with van der Waals surface area (Å²) in [6.07, 6.45) is 3.61. The zero-order valence-corrected chi connectivity index (χ0v) is 12.3.